The number of aliphatic carboxylic acids is 1. The van der Waals surface area contributed by atoms with Crippen LogP contribution in [0.25, 0.3) is 0 Å². The Bertz CT molecular complexity index is 792. The van der Waals surface area contributed by atoms with Crippen molar-refractivity contribution in [2.75, 3.05) is 10.6 Å². The van der Waals surface area contributed by atoms with Gasteiger partial charge in [-0.25, -0.2) is 0 Å². The van der Waals surface area contributed by atoms with Gasteiger partial charge in [0.05, 0.1) is 11.7 Å². The number of benzene rings is 1. The van der Waals surface area contributed by atoms with E-state index in [0.29, 0.717) is 10.8 Å². The predicted octanol–water partition coefficient (Wildman–Crippen LogP) is 2.77. The van der Waals surface area contributed by atoms with Gasteiger partial charge < -0.3 is 10.4 Å². The number of rotatable bonds is 8. The van der Waals surface area contributed by atoms with E-state index in [0.717, 1.165) is 9.90 Å². The zero-order valence-electron chi connectivity index (χ0n) is 14.2. The van der Waals surface area contributed by atoms with E-state index in [1.807, 2.05) is 6.92 Å². The molecule has 0 aliphatic rings. The number of thioether (sulfide) groups is 1. The first-order valence-electron chi connectivity index (χ1n) is 7.73. The molecule has 0 fully saturated rings. The number of aromatic nitrogens is 2. The summed E-state index contributed by atoms with van der Waals surface area (Å²) >= 11 is 2.69. The second-order valence-corrected chi connectivity index (χ2v) is 7.94. The van der Waals surface area contributed by atoms with Crippen LogP contribution < -0.4 is 10.6 Å². The third-order valence-electron chi connectivity index (χ3n) is 3.14. The molecule has 0 radical (unpaired) electrons. The minimum absolute atomic E-state index is 0.0753. The number of aryl methyl sites for hydroxylation is 1. The molecule has 2 aromatic rings. The topological polar surface area (TPSA) is 121 Å². The predicted molar refractivity (Wildman–Crippen MR) is 101 cm³/mol. The molecule has 0 aliphatic carbocycles. The summed E-state index contributed by atoms with van der Waals surface area (Å²) in [6, 6.07) is 6.99. The van der Waals surface area contributed by atoms with Gasteiger partial charge in [-0.2, -0.15) is 0 Å². The van der Waals surface area contributed by atoms with Crippen molar-refractivity contribution in [1.82, 2.24) is 10.2 Å². The molecule has 1 aromatic carbocycles. The molecule has 2 rings (SSSR count). The molecule has 1 atom stereocenters. The Hall–Kier alpha value is -2.46. The Kier molecular flexibility index (Phi) is 7.10. The number of anilines is 2. The van der Waals surface area contributed by atoms with E-state index < -0.39 is 5.97 Å². The van der Waals surface area contributed by atoms with Crippen molar-refractivity contribution in [2.24, 2.45) is 0 Å². The van der Waals surface area contributed by atoms with Crippen LogP contribution in [0.5, 0.6) is 0 Å². The van der Waals surface area contributed by atoms with Gasteiger partial charge in [-0.05, 0) is 38.1 Å². The molecule has 10 heteroatoms. The summed E-state index contributed by atoms with van der Waals surface area (Å²) in [5.41, 5.74) is 0.575. The molecule has 138 valence electrons. The average Bonchev–Trinajstić information content (AvgIpc) is 2.99. The Morgan fingerprint density at radius 1 is 1.15 bits per heavy atom. The second kappa shape index (κ2) is 9.30. The molecule has 0 saturated carbocycles. The molecule has 0 bridgehead atoms. The van der Waals surface area contributed by atoms with Gasteiger partial charge >= 0.3 is 5.97 Å². The number of carboxylic acids is 1. The Morgan fingerprint density at radius 2 is 1.85 bits per heavy atom. The van der Waals surface area contributed by atoms with Crippen LogP contribution in [0.2, 0.25) is 0 Å². The zero-order valence-corrected chi connectivity index (χ0v) is 15.8. The van der Waals surface area contributed by atoms with Gasteiger partial charge in [-0.1, -0.05) is 11.3 Å². The van der Waals surface area contributed by atoms with E-state index in [9.17, 15) is 14.4 Å². The standard InChI is InChI=1S/C16H18N4O4S2/c1-9(15(24)18-16-20-19-10(2)26-16)25-12-5-3-11(4-6-12)17-13(21)7-8-14(22)23/h3-6,9H,7-8H2,1-2H3,(H,17,21)(H,22,23)(H,18,20,24)/t9-/m1/s1. The molecular weight excluding hydrogens is 376 g/mol. The molecule has 1 aromatic heterocycles. The highest BCUT2D eigenvalue weighted by molar-refractivity contribution is 8.00. The number of carbonyl (C=O) groups excluding carboxylic acids is 2. The number of hydrogen-bond donors (Lipinski definition) is 3. The summed E-state index contributed by atoms with van der Waals surface area (Å²) in [6.07, 6.45) is -0.283. The van der Waals surface area contributed by atoms with E-state index in [1.165, 1.54) is 23.1 Å². The van der Waals surface area contributed by atoms with Gasteiger partial charge in [-0.15, -0.1) is 22.0 Å². The maximum Gasteiger partial charge on any atom is 0.303 e. The lowest BCUT2D eigenvalue weighted by molar-refractivity contribution is -0.138. The smallest absolute Gasteiger partial charge is 0.303 e. The van der Waals surface area contributed by atoms with Crippen molar-refractivity contribution < 1.29 is 19.5 Å². The SMILES string of the molecule is Cc1nnc(NC(=O)[C@@H](C)Sc2ccc(NC(=O)CCC(=O)O)cc2)s1. The van der Waals surface area contributed by atoms with Gasteiger partial charge in [-0.3, -0.25) is 19.7 Å². The maximum atomic E-state index is 12.2. The molecular formula is C16H18N4O4S2. The van der Waals surface area contributed by atoms with Crippen LogP contribution in [-0.4, -0.2) is 38.3 Å². The van der Waals surface area contributed by atoms with Crippen LogP contribution in [0.4, 0.5) is 10.8 Å². The second-order valence-electron chi connectivity index (χ2n) is 5.34. The lowest BCUT2D eigenvalue weighted by atomic mass is 10.2. The van der Waals surface area contributed by atoms with E-state index in [4.69, 9.17) is 5.11 Å². The summed E-state index contributed by atoms with van der Waals surface area (Å²) < 4.78 is 0. The fraction of sp³-hybridized carbons (Fsp3) is 0.312. The van der Waals surface area contributed by atoms with Crippen LogP contribution in [0.15, 0.2) is 29.2 Å². The van der Waals surface area contributed by atoms with Crippen molar-refractivity contribution in [3.8, 4) is 0 Å². The number of hydrogen-bond acceptors (Lipinski definition) is 7. The normalized spacial score (nSPS) is 11.6. The summed E-state index contributed by atoms with van der Waals surface area (Å²) in [4.78, 5) is 35.1. The van der Waals surface area contributed by atoms with E-state index >= 15 is 0 Å². The van der Waals surface area contributed by atoms with Crippen LogP contribution in [-0.2, 0) is 14.4 Å². The number of carboxylic acid groups (broad SMARTS) is 1. The average molecular weight is 394 g/mol. The van der Waals surface area contributed by atoms with Crippen molar-refractivity contribution in [1.29, 1.82) is 0 Å². The minimum Gasteiger partial charge on any atom is -0.481 e. The zero-order chi connectivity index (χ0) is 19.1. The molecule has 1 heterocycles. The van der Waals surface area contributed by atoms with Gasteiger partial charge in [0.2, 0.25) is 16.9 Å². The molecule has 0 saturated heterocycles. The highest BCUT2D eigenvalue weighted by Gasteiger charge is 2.16. The first-order chi connectivity index (χ1) is 12.3. The van der Waals surface area contributed by atoms with Crippen LogP contribution >= 0.6 is 23.1 Å². The maximum absolute atomic E-state index is 12.2. The van der Waals surface area contributed by atoms with E-state index in [1.54, 1.807) is 31.2 Å². The summed E-state index contributed by atoms with van der Waals surface area (Å²) in [5.74, 6) is -1.53. The lowest BCUT2D eigenvalue weighted by Crippen LogP contribution is -2.22. The highest BCUT2D eigenvalue weighted by Crippen LogP contribution is 2.26. The van der Waals surface area contributed by atoms with Crippen molar-refractivity contribution >= 4 is 51.7 Å². The highest BCUT2D eigenvalue weighted by atomic mass is 32.2. The lowest BCUT2D eigenvalue weighted by Gasteiger charge is -2.11. The molecule has 26 heavy (non-hydrogen) atoms. The largest absolute Gasteiger partial charge is 0.481 e. The van der Waals surface area contributed by atoms with Crippen molar-refractivity contribution in [2.45, 2.75) is 36.8 Å². The van der Waals surface area contributed by atoms with E-state index in [-0.39, 0.29) is 29.9 Å². The first kappa shape index (κ1) is 19.9. The number of nitrogens with zero attached hydrogens (tertiary/aromatic N) is 2. The van der Waals surface area contributed by atoms with Crippen LogP contribution in [0.3, 0.4) is 0 Å². The summed E-state index contributed by atoms with van der Waals surface area (Å²) in [7, 11) is 0. The van der Waals surface area contributed by atoms with Gasteiger partial charge in [0.25, 0.3) is 0 Å². The van der Waals surface area contributed by atoms with Gasteiger partial charge in [0.1, 0.15) is 5.01 Å². The third kappa shape index (κ3) is 6.45. The fourth-order valence-corrected chi connectivity index (χ4v) is 3.33. The van der Waals surface area contributed by atoms with Crippen LogP contribution in [0, 0.1) is 6.92 Å². The third-order valence-corrected chi connectivity index (χ3v) is 5.01. The van der Waals surface area contributed by atoms with Gasteiger partial charge in [0.15, 0.2) is 0 Å². The molecule has 0 spiro atoms. The van der Waals surface area contributed by atoms with Crippen LogP contribution in [0.1, 0.15) is 24.8 Å². The van der Waals surface area contributed by atoms with Crippen molar-refractivity contribution in [3.63, 3.8) is 0 Å². The quantitative estimate of drug-likeness (QED) is 0.589. The molecule has 2 amide bonds. The summed E-state index contributed by atoms with van der Waals surface area (Å²) in [6.45, 7) is 3.60. The summed E-state index contributed by atoms with van der Waals surface area (Å²) in [5, 5.41) is 22.5. The van der Waals surface area contributed by atoms with Gasteiger partial charge in [0, 0.05) is 17.0 Å². The fourth-order valence-electron chi connectivity index (χ4n) is 1.87. The minimum atomic E-state index is -1.01. The number of nitrogens with one attached hydrogen (secondary N) is 2. The monoisotopic (exact) mass is 394 g/mol. The molecule has 0 aliphatic heterocycles. The first-order valence-corrected chi connectivity index (χ1v) is 9.42. The number of amides is 2. The Morgan fingerprint density at radius 3 is 2.42 bits per heavy atom. The molecule has 0 unspecified atom stereocenters. The number of carbonyl (C=O) groups is 3. The van der Waals surface area contributed by atoms with E-state index in [2.05, 4.69) is 20.8 Å². The molecule has 8 nitrogen and oxygen atoms in total. The Labute approximate surface area is 158 Å². The Balaban J connectivity index is 1.84. The molecule has 3 N–H and O–H groups in total. The van der Waals surface area contributed by atoms with Crippen molar-refractivity contribution in [3.05, 3.63) is 29.3 Å².